The summed E-state index contributed by atoms with van der Waals surface area (Å²) in [5.74, 6) is 0. The summed E-state index contributed by atoms with van der Waals surface area (Å²) in [5.41, 5.74) is 4.98. The highest BCUT2D eigenvalue weighted by molar-refractivity contribution is 5.57. The molecule has 0 bridgehead atoms. The second-order valence-corrected chi connectivity index (χ2v) is 6.83. The van der Waals surface area contributed by atoms with Gasteiger partial charge in [0.2, 0.25) is 0 Å². The van der Waals surface area contributed by atoms with Crippen LogP contribution in [0.4, 0.5) is 5.69 Å². The van der Waals surface area contributed by atoms with Crippen molar-refractivity contribution in [1.82, 2.24) is 5.32 Å². The molecule has 0 spiro atoms. The lowest BCUT2D eigenvalue weighted by molar-refractivity contribution is 0.293. The van der Waals surface area contributed by atoms with Gasteiger partial charge in [-0.25, -0.2) is 0 Å². The van der Waals surface area contributed by atoms with Gasteiger partial charge >= 0.3 is 0 Å². The largest absolute Gasteiger partial charge is 0.371 e. The van der Waals surface area contributed by atoms with Crippen molar-refractivity contribution in [3.8, 4) is 0 Å². The van der Waals surface area contributed by atoms with E-state index in [1.807, 2.05) is 0 Å². The van der Waals surface area contributed by atoms with Crippen LogP contribution in [0.25, 0.3) is 0 Å². The minimum absolute atomic E-state index is 0.508. The van der Waals surface area contributed by atoms with Crippen LogP contribution in [0, 0.1) is 12.3 Å². The van der Waals surface area contributed by atoms with E-state index in [0.29, 0.717) is 5.41 Å². The van der Waals surface area contributed by atoms with Gasteiger partial charge in [0.15, 0.2) is 0 Å². The minimum Gasteiger partial charge on any atom is -0.371 e. The summed E-state index contributed by atoms with van der Waals surface area (Å²) < 4.78 is 0. The third kappa shape index (κ3) is 2.71. The molecule has 1 N–H and O–H groups in total. The fourth-order valence-corrected chi connectivity index (χ4v) is 4.13. The molecule has 1 saturated heterocycles. The quantitative estimate of drug-likeness (QED) is 0.902. The monoisotopic (exact) mass is 272 g/mol. The van der Waals surface area contributed by atoms with Crippen molar-refractivity contribution in [1.29, 1.82) is 0 Å². The number of nitrogens with one attached hydrogen (secondary N) is 1. The number of nitrogens with zero attached hydrogens (tertiary/aromatic N) is 1. The van der Waals surface area contributed by atoms with Gasteiger partial charge in [0.05, 0.1) is 0 Å². The molecule has 2 aliphatic rings. The Hall–Kier alpha value is -1.02. The number of aryl methyl sites for hydroxylation is 2. The summed E-state index contributed by atoms with van der Waals surface area (Å²) in [5, 5.41) is 3.59. The van der Waals surface area contributed by atoms with E-state index in [1.54, 1.807) is 5.56 Å². The van der Waals surface area contributed by atoms with E-state index in [2.05, 4.69) is 42.3 Å². The summed E-state index contributed by atoms with van der Waals surface area (Å²) in [7, 11) is 0. The molecule has 3 rings (SSSR count). The number of anilines is 1. The van der Waals surface area contributed by atoms with Crippen LogP contribution in [-0.2, 0) is 6.42 Å². The first-order valence-electron chi connectivity index (χ1n) is 8.28. The van der Waals surface area contributed by atoms with Crippen LogP contribution in [0.1, 0.15) is 43.7 Å². The average Bonchev–Trinajstić information content (AvgIpc) is 2.87. The predicted molar refractivity (Wildman–Crippen MR) is 86.5 cm³/mol. The second kappa shape index (κ2) is 5.77. The zero-order valence-corrected chi connectivity index (χ0v) is 13.0. The predicted octanol–water partition coefficient (Wildman–Crippen LogP) is 3.53. The highest BCUT2D eigenvalue weighted by atomic mass is 15.2. The van der Waals surface area contributed by atoms with Crippen LogP contribution in [0.5, 0.6) is 0 Å². The van der Waals surface area contributed by atoms with Gasteiger partial charge in [-0.2, -0.15) is 0 Å². The van der Waals surface area contributed by atoms with E-state index in [9.17, 15) is 0 Å². The number of rotatable bonds is 4. The molecule has 1 fully saturated rings. The lowest BCUT2D eigenvalue weighted by atomic mass is 9.81. The van der Waals surface area contributed by atoms with Gasteiger partial charge in [-0.3, -0.25) is 0 Å². The van der Waals surface area contributed by atoms with Crippen molar-refractivity contribution in [2.45, 2.75) is 46.0 Å². The SMILES string of the molecule is CCCC1(CN2CCCc3cc(C)ccc32)CCNC1. The van der Waals surface area contributed by atoms with E-state index >= 15 is 0 Å². The zero-order chi connectivity index (χ0) is 14.0. The summed E-state index contributed by atoms with van der Waals surface area (Å²) in [4.78, 5) is 2.67. The minimum atomic E-state index is 0.508. The van der Waals surface area contributed by atoms with Crippen LogP contribution in [0.3, 0.4) is 0 Å². The summed E-state index contributed by atoms with van der Waals surface area (Å²) in [6.45, 7) is 9.42. The maximum absolute atomic E-state index is 3.59. The Morgan fingerprint density at radius 3 is 3.00 bits per heavy atom. The first kappa shape index (κ1) is 13.9. The third-order valence-electron chi connectivity index (χ3n) is 5.09. The molecule has 2 aliphatic heterocycles. The molecule has 0 saturated carbocycles. The molecule has 2 heterocycles. The van der Waals surface area contributed by atoms with E-state index in [4.69, 9.17) is 0 Å². The van der Waals surface area contributed by atoms with E-state index < -0.39 is 0 Å². The number of hydrogen-bond acceptors (Lipinski definition) is 2. The van der Waals surface area contributed by atoms with Gasteiger partial charge in [-0.1, -0.05) is 31.0 Å². The fraction of sp³-hybridized carbons (Fsp3) is 0.667. The van der Waals surface area contributed by atoms with E-state index in [1.165, 1.54) is 69.5 Å². The molecule has 0 amide bonds. The molecular formula is C18H28N2. The molecule has 0 radical (unpaired) electrons. The Bertz CT molecular complexity index is 460. The lowest BCUT2D eigenvalue weighted by Gasteiger charge is -2.39. The standard InChI is InChI=1S/C18H28N2/c1-3-8-18(9-10-19-13-18)14-20-11-4-5-16-12-15(2)6-7-17(16)20/h6-7,12,19H,3-5,8-11,13-14H2,1-2H3. The lowest BCUT2D eigenvalue weighted by Crippen LogP contribution is -2.41. The van der Waals surface area contributed by atoms with Crippen LogP contribution in [0.15, 0.2) is 18.2 Å². The molecule has 1 unspecified atom stereocenters. The van der Waals surface area contributed by atoms with Gasteiger partial charge in [0, 0.05) is 30.7 Å². The molecule has 1 atom stereocenters. The number of fused-ring (bicyclic) bond motifs is 1. The molecule has 2 nitrogen and oxygen atoms in total. The Balaban J connectivity index is 1.81. The smallest absolute Gasteiger partial charge is 0.0399 e. The van der Waals surface area contributed by atoms with E-state index in [0.717, 1.165) is 0 Å². The van der Waals surface area contributed by atoms with Crippen LogP contribution >= 0.6 is 0 Å². The Morgan fingerprint density at radius 2 is 2.25 bits per heavy atom. The third-order valence-corrected chi connectivity index (χ3v) is 5.09. The topological polar surface area (TPSA) is 15.3 Å². The summed E-state index contributed by atoms with van der Waals surface area (Å²) in [6.07, 6.45) is 6.57. The van der Waals surface area contributed by atoms with Gasteiger partial charge in [0.1, 0.15) is 0 Å². The Kier molecular flexibility index (Phi) is 4.02. The first-order valence-corrected chi connectivity index (χ1v) is 8.28. The van der Waals surface area contributed by atoms with Crippen molar-refractivity contribution in [3.05, 3.63) is 29.3 Å². The van der Waals surface area contributed by atoms with Crippen molar-refractivity contribution in [3.63, 3.8) is 0 Å². The number of hydrogen-bond donors (Lipinski definition) is 1. The van der Waals surface area contributed by atoms with Crippen LogP contribution in [-0.4, -0.2) is 26.2 Å². The molecule has 110 valence electrons. The highest BCUT2D eigenvalue weighted by Gasteiger charge is 2.35. The Labute approximate surface area is 123 Å². The maximum Gasteiger partial charge on any atom is 0.0399 e. The zero-order valence-electron chi connectivity index (χ0n) is 13.0. The van der Waals surface area contributed by atoms with Crippen molar-refractivity contribution >= 4 is 5.69 Å². The molecule has 1 aromatic rings. The molecule has 0 aliphatic carbocycles. The summed E-state index contributed by atoms with van der Waals surface area (Å²) >= 11 is 0. The molecular weight excluding hydrogens is 244 g/mol. The molecule has 1 aromatic carbocycles. The van der Waals surface area contributed by atoms with Gasteiger partial charge in [-0.05, 0) is 50.8 Å². The molecule has 20 heavy (non-hydrogen) atoms. The molecule has 0 aromatic heterocycles. The first-order chi connectivity index (χ1) is 9.72. The normalized spacial score (nSPS) is 25.8. The highest BCUT2D eigenvalue weighted by Crippen LogP contribution is 2.36. The average molecular weight is 272 g/mol. The molecule has 2 heteroatoms. The second-order valence-electron chi connectivity index (χ2n) is 6.83. The number of benzene rings is 1. The van der Waals surface area contributed by atoms with E-state index in [-0.39, 0.29) is 0 Å². The Morgan fingerprint density at radius 1 is 1.35 bits per heavy atom. The van der Waals surface area contributed by atoms with Crippen molar-refractivity contribution < 1.29 is 0 Å². The summed E-state index contributed by atoms with van der Waals surface area (Å²) in [6, 6.07) is 7.02. The van der Waals surface area contributed by atoms with Crippen LogP contribution in [0.2, 0.25) is 0 Å². The van der Waals surface area contributed by atoms with Gasteiger partial charge < -0.3 is 10.2 Å². The van der Waals surface area contributed by atoms with Crippen molar-refractivity contribution in [2.24, 2.45) is 5.41 Å². The fourth-order valence-electron chi connectivity index (χ4n) is 4.13. The van der Waals surface area contributed by atoms with Gasteiger partial charge in [0.25, 0.3) is 0 Å². The van der Waals surface area contributed by atoms with Crippen LogP contribution < -0.4 is 10.2 Å². The maximum atomic E-state index is 3.59. The van der Waals surface area contributed by atoms with Gasteiger partial charge in [-0.15, -0.1) is 0 Å². The van der Waals surface area contributed by atoms with Crippen molar-refractivity contribution in [2.75, 3.05) is 31.1 Å².